The van der Waals surface area contributed by atoms with E-state index >= 15 is 0 Å². The number of carbonyl (C=O) groups excluding carboxylic acids is 1. The fraction of sp³-hybridized carbons (Fsp3) is 0.321. The molecule has 0 spiro atoms. The van der Waals surface area contributed by atoms with Crippen LogP contribution in [-0.2, 0) is 4.74 Å². The SMILES string of the molecule is CCN(CC)c1ccc2c(c1)OC(=O)N(c1ccc(Cl)c(Cl)c1)[P@]2(=Nc1ccc(SC(F)F)cc1)N1CCOCC1. The molecule has 2 aliphatic heterocycles. The Morgan fingerprint density at radius 3 is 2.34 bits per heavy atom. The topological polar surface area (TPSA) is 57.6 Å². The van der Waals surface area contributed by atoms with Gasteiger partial charge in [-0.1, -0.05) is 35.0 Å². The first-order valence-corrected chi connectivity index (χ1v) is 16.4. The van der Waals surface area contributed by atoms with E-state index < -0.39 is 19.2 Å². The molecule has 7 nitrogen and oxygen atoms in total. The van der Waals surface area contributed by atoms with Crippen molar-refractivity contribution in [3.05, 3.63) is 70.7 Å². The Bertz CT molecular complexity index is 1470. The third-order valence-electron chi connectivity index (χ3n) is 6.89. The Morgan fingerprint density at radius 2 is 1.71 bits per heavy atom. The van der Waals surface area contributed by atoms with Crippen molar-refractivity contribution in [1.82, 2.24) is 4.67 Å². The van der Waals surface area contributed by atoms with Gasteiger partial charge >= 0.3 is 6.09 Å². The molecule has 0 saturated carbocycles. The second-order valence-electron chi connectivity index (χ2n) is 9.21. The number of hydrogen-bond donors (Lipinski definition) is 0. The average Bonchev–Trinajstić information content (AvgIpc) is 2.96. The van der Waals surface area contributed by atoms with Crippen molar-refractivity contribution in [2.75, 3.05) is 49.0 Å². The number of amides is 1. The number of fused-ring (bicyclic) bond motifs is 1. The number of anilines is 2. The van der Waals surface area contributed by atoms with Crippen LogP contribution in [-0.4, -0.2) is 55.9 Å². The van der Waals surface area contributed by atoms with Crippen LogP contribution in [0.5, 0.6) is 5.75 Å². The zero-order valence-electron chi connectivity index (χ0n) is 22.5. The Morgan fingerprint density at radius 1 is 1.00 bits per heavy atom. The molecule has 0 aromatic heterocycles. The summed E-state index contributed by atoms with van der Waals surface area (Å²) in [4.78, 5) is 16.6. The van der Waals surface area contributed by atoms with E-state index in [-0.39, 0.29) is 5.02 Å². The van der Waals surface area contributed by atoms with Crippen LogP contribution in [0.25, 0.3) is 0 Å². The maximum atomic E-state index is 14.0. The van der Waals surface area contributed by atoms with E-state index in [0.29, 0.717) is 65.1 Å². The molecule has 0 unspecified atom stereocenters. The van der Waals surface area contributed by atoms with Gasteiger partial charge in [0.2, 0.25) is 0 Å². The molecule has 41 heavy (non-hydrogen) atoms. The highest BCUT2D eigenvalue weighted by molar-refractivity contribution is 7.99. The zero-order valence-corrected chi connectivity index (χ0v) is 25.7. The van der Waals surface area contributed by atoms with Crippen LogP contribution in [0.1, 0.15) is 13.8 Å². The molecule has 5 rings (SSSR count). The van der Waals surface area contributed by atoms with Gasteiger partial charge in [0.05, 0.1) is 39.9 Å². The molecule has 0 radical (unpaired) electrons. The lowest BCUT2D eigenvalue weighted by Gasteiger charge is -2.47. The number of morpholine rings is 1. The van der Waals surface area contributed by atoms with E-state index in [1.54, 1.807) is 47.1 Å². The number of rotatable bonds is 8. The molecular weight excluding hydrogens is 612 g/mol. The maximum absolute atomic E-state index is 14.0. The lowest BCUT2D eigenvalue weighted by atomic mass is 10.2. The first-order valence-electron chi connectivity index (χ1n) is 13.1. The highest BCUT2D eigenvalue weighted by Gasteiger charge is 2.48. The van der Waals surface area contributed by atoms with Gasteiger partial charge in [0.15, 0.2) is 7.36 Å². The summed E-state index contributed by atoms with van der Waals surface area (Å²) in [5, 5.41) is 1.39. The molecule has 2 heterocycles. The molecule has 1 amide bonds. The number of alkyl halides is 2. The van der Waals surface area contributed by atoms with Crippen LogP contribution in [0.2, 0.25) is 10.0 Å². The normalized spacial score (nSPS) is 19.2. The quantitative estimate of drug-likeness (QED) is 0.182. The summed E-state index contributed by atoms with van der Waals surface area (Å²) < 4.78 is 46.8. The van der Waals surface area contributed by atoms with E-state index in [9.17, 15) is 13.6 Å². The molecule has 13 heteroatoms. The van der Waals surface area contributed by atoms with Gasteiger partial charge in [-0.25, -0.2) is 18.9 Å². The summed E-state index contributed by atoms with van der Waals surface area (Å²) in [6, 6.07) is 17.5. The van der Waals surface area contributed by atoms with E-state index in [1.807, 2.05) is 18.2 Å². The lowest BCUT2D eigenvalue weighted by molar-refractivity contribution is 0.0742. The van der Waals surface area contributed by atoms with Gasteiger partial charge in [0.25, 0.3) is 5.76 Å². The van der Waals surface area contributed by atoms with Crippen LogP contribution < -0.4 is 19.6 Å². The van der Waals surface area contributed by atoms with Crippen LogP contribution in [0, 0.1) is 0 Å². The van der Waals surface area contributed by atoms with Crippen molar-refractivity contribution in [2.24, 2.45) is 4.74 Å². The Hall–Kier alpha value is -2.33. The van der Waals surface area contributed by atoms with Crippen molar-refractivity contribution in [1.29, 1.82) is 0 Å². The highest BCUT2D eigenvalue weighted by Crippen LogP contribution is 2.63. The minimum absolute atomic E-state index is 0.285. The molecule has 1 atom stereocenters. The minimum atomic E-state index is -3.15. The van der Waals surface area contributed by atoms with Crippen molar-refractivity contribution >= 4 is 70.8 Å². The summed E-state index contributed by atoms with van der Waals surface area (Å²) in [7, 11) is -3.15. The van der Waals surface area contributed by atoms with Crippen LogP contribution in [0.4, 0.5) is 30.6 Å². The number of hydrogen-bond acceptors (Lipinski definition) is 6. The number of nitrogens with zero attached hydrogens (tertiary/aromatic N) is 4. The summed E-state index contributed by atoms with van der Waals surface area (Å²) in [5.74, 6) is -2.10. The maximum Gasteiger partial charge on any atom is 0.425 e. The molecule has 0 aliphatic carbocycles. The first kappa shape index (κ1) is 30.1. The van der Waals surface area contributed by atoms with E-state index in [1.165, 1.54) is 0 Å². The van der Waals surface area contributed by atoms with Gasteiger partial charge in [-0.2, -0.15) is 8.78 Å². The lowest BCUT2D eigenvalue weighted by Crippen LogP contribution is -2.49. The van der Waals surface area contributed by atoms with Crippen LogP contribution in [0.15, 0.2) is 70.3 Å². The van der Waals surface area contributed by atoms with Gasteiger partial charge < -0.3 is 14.4 Å². The fourth-order valence-corrected chi connectivity index (χ4v) is 9.45. The first-order chi connectivity index (χ1) is 19.8. The van der Waals surface area contributed by atoms with Gasteiger partial charge in [-0.15, -0.1) is 0 Å². The standard InChI is InChI=1S/C28H29Cl2F2N4O3PS/c1-3-34(4-2)20-8-12-26-25(18-20)39-28(37)36(21-7-11-23(29)24(30)17-21)40(26,35-13-15-38-16-14-35)33-19-5-9-22(10-6-19)41-27(31)32/h5-12,17-18,27H,3-4,13-16H2,1-2H3/t40-/m1/s1. The Kier molecular flexibility index (Phi) is 9.48. The van der Waals surface area contributed by atoms with Crippen LogP contribution >= 0.6 is 42.3 Å². The van der Waals surface area contributed by atoms with Crippen molar-refractivity contribution in [2.45, 2.75) is 24.5 Å². The minimum Gasteiger partial charge on any atom is -0.409 e. The number of benzene rings is 3. The third-order valence-corrected chi connectivity index (χ3v) is 12.0. The number of thioether (sulfide) groups is 1. The molecule has 2 aliphatic rings. The summed E-state index contributed by atoms with van der Waals surface area (Å²) >= 11 is 13.1. The van der Waals surface area contributed by atoms with E-state index in [2.05, 4.69) is 23.4 Å². The van der Waals surface area contributed by atoms with Crippen LogP contribution in [0.3, 0.4) is 0 Å². The summed E-state index contributed by atoms with van der Waals surface area (Å²) in [5.41, 5.74) is 1.95. The predicted molar refractivity (Wildman–Crippen MR) is 164 cm³/mol. The molecule has 3 aromatic carbocycles. The molecule has 218 valence electrons. The molecule has 0 bridgehead atoms. The molecule has 3 aromatic rings. The average molecular weight is 642 g/mol. The monoisotopic (exact) mass is 640 g/mol. The summed E-state index contributed by atoms with van der Waals surface area (Å²) in [6.07, 6.45) is -0.596. The second kappa shape index (κ2) is 12.9. The molecule has 0 N–H and O–H groups in total. The predicted octanol–water partition coefficient (Wildman–Crippen LogP) is 8.49. The summed E-state index contributed by atoms with van der Waals surface area (Å²) in [6.45, 7) is 7.65. The van der Waals surface area contributed by atoms with Gasteiger partial charge in [0, 0.05) is 42.8 Å². The van der Waals surface area contributed by atoms with Crippen molar-refractivity contribution in [3.8, 4) is 5.75 Å². The van der Waals surface area contributed by atoms with Crippen molar-refractivity contribution < 1.29 is 23.0 Å². The highest BCUT2D eigenvalue weighted by atomic mass is 35.5. The largest absolute Gasteiger partial charge is 0.425 e. The second-order valence-corrected chi connectivity index (χ2v) is 13.9. The third kappa shape index (κ3) is 6.10. The smallest absolute Gasteiger partial charge is 0.409 e. The number of carbonyl (C=O) groups is 1. The van der Waals surface area contributed by atoms with Gasteiger partial charge in [-0.05, 0) is 68.4 Å². The number of halogens is 4. The fourth-order valence-electron chi connectivity index (χ4n) is 4.99. The molecule has 1 saturated heterocycles. The van der Waals surface area contributed by atoms with Gasteiger partial charge in [0.1, 0.15) is 5.75 Å². The Labute approximate surface area is 252 Å². The molecule has 1 fully saturated rings. The number of ether oxygens (including phenoxy) is 2. The zero-order chi connectivity index (χ0) is 29.1. The van der Waals surface area contributed by atoms with E-state index in [4.69, 9.17) is 37.4 Å². The van der Waals surface area contributed by atoms with Crippen molar-refractivity contribution in [3.63, 3.8) is 0 Å². The van der Waals surface area contributed by atoms with E-state index in [0.717, 1.165) is 24.1 Å². The molecular formula is C28H29Cl2F2N4O3PS. The Balaban J connectivity index is 1.79. The van der Waals surface area contributed by atoms with Gasteiger partial charge in [-0.3, -0.25) is 0 Å².